The topological polar surface area (TPSA) is 86.8 Å². The number of alkyl halides is 2. The quantitative estimate of drug-likeness (QED) is 0.472. The smallest absolute Gasteiger partial charge is 0.276 e. The Morgan fingerprint density at radius 1 is 1.12 bits per heavy atom. The van der Waals surface area contributed by atoms with Crippen molar-refractivity contribution in [3.8, 4) is 11.1 Å². The van der Waals surface area contributed by atoms with Crippen molar-refractivity contribution in [3.63, 3.8) is 0 Å². The number of benzene rings is 1. The fourth-order valence-corrected chi connectivity index (χ4v) is 4.11. The Hall–Kier alpha value is -3.72. The van der Waals surface area contributed by atoms with E-state index >= 15 is 0 Å². The van der Waals surface area contributed by atoms with Crippen molar-refractivity contribution in [1.82, 2.24) is 25.1 Å². The van der Waals surface area contributed by atoms with Crippen LogP contribution in [0.3, 0.4) is 0 Å². The van der Waals surface area contributed by atoms with Crippen LogP contribution in [0.4, 0.5) is 14.5 Å². The third kappa shape index (κ3) is 4.58. The first-order chi connectivity index (χ1) is 15.9. The van der Waals surface area contributed by atoms with Gasteiger partial charge < -0.3 is 5.32 Å². The number of aromatic amines is 1. The van der Waals surface area contributed by atoms with Crippen LogP contribution < -0.4 is 5.32 Å². The first-order valence-corrected chi connectivity index (χ1v) is 10.6. The maximum absolute atomic E-state index is 13.5. The standard InChI is InChI=1S/C24H22F2N6O/c1-15-6-19(12-27-9-15)29-23(33)22-20-8-17(2-3-21(20)30-31-22)18-7-16(10-28-11-18)13-32-5-4-24(25,26)14-32/h2-3,6-12H,4-5,13-14H2,1H3,(H,29,33)(H,30,31). The number of fused-ring (bicyclic) bond motifs is 1. The summed E-state index contributed by atoms with van der Waals surface area (Å²) >= 11 is 0. The van der Waals surface area contributed by atoms with E-state index in [4.69, 9.17) is 0 Å². The fourth-order valence-electron chi connectivity index (χ4n) is 4.11. The van der Waals surface area contributed by atoms with Gasteiger partial charge in [0, 0.05) is 49.1 Å². The van der Waals surface area contributed by atoms with Gasteiger partial charge in [-0.25, -0.2) is 8.78 Å². The van der Waals surface area contributed by atoms with E-state index in [1.165, 1.54) is 0 Å². The molecule has 5 rings (SSSR count). The fraction of sp³-hybridized carbons (Fsp3) is 0.250. The Balaban J connectivity index is 1.40. The van der Waals surface area contributed by atoms with Crippen molar-refractivity contribution >= 4 is 22.5 Å². The normalized spacial score (nSPS) is 15.7. The largest absolute Gasteiger partial charge is 0.319 e. The monoisotopic (exact) mass is 448 g/mol. The van der Waals surface area contributed by atoms with Crippen LogP contribution in [0.15, 0.2) is 55.1 Å². The first kappa shape index (κ1) is 21.1. The lowest BCUT2D eigenvalue weighted by Gasteiger charge is -2.15. The first-order valence-electron chi connectivity index (χ1n) is 10.6. The minimum atomic E-state index is -2.62. The highest BCUT2D eigenvalue weighted by Gasteiger charge is 2.37. The van der Waals surface area contributed by atoms with E-state index in [0.29, 0.717) is 24.2 Å². The third-order valence-electron chi connectivity index (χ3n) is 5.69. The number of carbonyl (C=O) groups is 1. The number of hydrogen-bond acceptors (Lipinski definition) is 5. The minimum absolute atomic E-state index is 0.110. The van der Waals surface area contributed by atoms with E-state index < -0.39 is 5.92 Å². The number of anilines is 1. The summed E-state index contributed by atoms with van der Waals surface area (Å²) in [6, 6.07) is 9.43. The zero-order chi connectivity index (χ0) is 23.0. The van der Waals surface area contributed by atoms with E-state index in [0.717, 1.165) is 27.8 Å². The number of nitrogens with one attached hydrogen (secondary N) is 2. The van der Waals surface area contributed by atoms with Crippen LogP contribution in [-0.2, 0) is 6.54 Å². The molecule has 1 fully saturated rings. The van der Waals surface area contributed by atoms with Gasteiger partial charge in [0.25, 0.3) is 11.8 Å². The van der Waals surface area contributed by atoms with Crippen LogP contribution in [0.25, 0.3) is 22.0 Å². The van der Waals surface area contributed by atoms with Crippen molar-refractivity contribution in [1.29, 1.82) is 0 Å². The number of amides is 1. The molecule has 0 saturated carbocycles. The zero-order valence-electron chi connectivity index (χ0n) is 18.0. The molecule has 1 aromatic carbocycles. The Kier molecular flexibility index (Phi) is 5.33. The van der Waals surface area contributed by atoms with E-state index in [2.05, 4.69) is 25.5 Å². The zero-order valence-corrected chi connectivity index (χ0v) is 18.0. The van der Waals surface area contributed by atoms with Gasteiger partial charge in [0.1, 0.15) is 0 Å². The summed E-state index contributed by atoms with van der Waals surface area (Å²) in [6.07, 6.45) is 6.61. The van der Waals surface area contributed by atoms with Crippen molar-refractivity contribution in [3.05, 3.63) is 71.9 Å². The van der Waals surface area contributed by atoms with Crippen molar-refractivity contribution < 1.29 is 13.6 Å². The van der Waals surface area contributed by atoms with Crippen molar-refractivity contribution in [2.75, 3.05) is 18.4 Å². The lowest BCUT2D eigenvalue weighted by Crippen LogP contribution is -2.24. The number of aryl methyl sites for hydroxylation is 1. The maximum Gasteiger partial charge on any atom is 0.276 e. The lowest BCUT2D eigenvalue weighted by atomic mass is 10.0. The van der Waals surface area contributed by atoms with Gasteiger partial charge in [0.05, 0.1) is 23.9 Å². The maximum atomic E-state index is 13.5. The molecule has 1 aliphatic rings. The summed E-state index contributed by atoms with van der Waals surface area (Å²) in [5, 5.41) is 10.6. The van der Waals surface area contributed by atoms with Gasteiger partial charge in [-0.05, 0) is 47.9 Å². The van der Waals surface area contributed by atoms with Gasteiger partial charge in [-0.3, -0.25) is 24.8 Å². The van der Waals surface area contributed by atoms with E-state index in [9.17, 15) is 13.6 Å². The van der Waals surface area contributed by atoms with E-state index in [1.807, 2.05) is 37.3 Å². The predicted molar refractivity (Wildman–Crippen MR) is 121 cm³/mol. The van der Waals surface area contributed by atoms with Crippen LogP contribution in [-0.4, -0.2) is 50.0 Å². The molecule has 0 bridgehead atoms. The highest BCUT2D eigenvalue weighted by molar-refractivity contribution is 6.11. The second-order valence-corrected chi connectivity index (χ2v) is 8.44. The van der Waals surface area contributed by atoms with Gasteiger partial charge in [-0.1, -0.05) is 6.07 Å². The Morgan fingerprint density at radius 3 is 2.76 bits per heavy atom. The number of hydrogen-bond donors (Lipinski definition) is 2. The SMILES string of the molecule is Cc1cncc(NC(=O)c2n[nH]c3ccc(-c4cncc(CN5CCC(F)(F)C5)c4)cc23)c1. The van der Waals surface area contributed by atoms with E-state index in [1.54, 1.807) is 29.7 Å². The second-order valence-electron chi connectivity index (χ2n) is 8.44. The summed E-state index contributed by atoms with van der Waals surface area (Å²) in [5.74, 6) is -2.96. The summed E-state index contributed by atoms with van der Waals surface area (Å²) in [7, 11) is 0. The third-order valence-corrected chi connectivity index (χ3v) is 5.69. The Bertz CT molecular complexity index is 1340. The van der Waals surface area contributed by atoms with Gasteiger partial charge in [-0.15, -0.1) is 0 Å². The summed E-state index contributed by atoms with van der Waals surface area (Å²) in [6.45, 7) is 2.46. The number of carbonyl (C=O) groups excluding carboxylic acids is 1. The molecular formula is C24H22F2N6O. The van der Waals surface area contributed by atoms with Gasteiger partial charge >= 0.3 is 0 Å². The van der Waals surface area contributed by atoms with Crippen LogP contribution in [0, 0.1) is 6.92 Å². The number of likely N-dealkylation sites (tertiary alicyclic amines) is 1. The van der Waals surface area contributed by atoms with Crippen LogP contribution in [0.1, 0.15) is 28.0 Å². The van der Waals surface area contributed by atoms with Gasteiger partial charge in [0.2, 0.25) is 0 Å². The van der Waals surface area contributed by atoms with Crippen molar-refractivity contribution in [2.45, 2.75) is 25.8 Å². The molecule has 2 N–H and O–H groups in total. The second kappa shape index (κ2) is 8.32. The van der Waals surface area contributed by atoms with Crippen LogP contribution >= 0.6 is 0 Å². The number of aromatic nitrogens is 4. The molecule has 0 spiro atoms. The number of rotatable bonds is 5. The Labute approximate surface area is 188 Å². The summed E-state index contributed by atoms with van der Waals surface area (Å²) in [4.78, 5) is 23.0. The molecule has 0 atom stereocenters. The van der Waals surface area contributed by atoms with Crippen molar-refractivity contribution in [2.24, 2.45) is 0 Å². The van der Waals surface area contributed by atoms with Gasteiger partial charge in [-0.2, -0.15) is 5.10 Å². The molecule has 1 amide bonds. The highest BCUT2D eigenvalue weighted by Crippen LogP contribution is 2.29. The van der Waals surface area contributed by atoms with Crippen LogP contribution in [0.5, 0.6) is 0 Å². The predicted octanol–water partition coefficient (Wildman–Crippen LogP) is 4.42. The number of pyridine rings is 2. The Morgan fingerprint density at radius 2 is 1.97 bits per heavy atom. The molecule has 1 aliphatic heterocycles. The van der Waals surface area contributed by atoms with Gasteiger partial charge in [0.15, 0.2) is 5.69 Å². The average molecular weight is 448 g/mol. The molecule has 4 heterocycles. The molecule has 33 heavy (non-hydrogen) atoms. The lowest BCUT2D eigenvalue weighted by molar-refractivity contribution is 0.0115. The molecule has 4 aromatic rings. The summed E-state index contributed by atoms with van der Waals surface area (Å²) < 4.78 is 27.0. The van der Waals surface area contributed by atoms with E-state index in [-0.39, 0.29) is 24.6 Å². The summed E-state index contributed by atoms with van der Waals surface area (Å²) in [5.41, 5.74) is 5.10. The molecule has 7 nitrogen and oxygen atoms in total. The minimum Gasteiger partial charge on any atom is -0.319 e. The average Bonchev–Trinajstić information content (AvgIpc) is 3.36. The van der Waals surface area contributed by atoms with Crippen LogP contribution in [0.2, 0.25) is 0 Å². The molecule has 0 radical (unpaired) electrons. The molecule has 0 unspecified atom stereocenters. The molecular weight excluding hydrogens is 426 g/mol. The number of nitrogens with zero attached hydrogens (tertiary/aromatic N) is 4. The molecule has 9 heteroatoms. The molecule has 1 saturated heterocycles. The molecule has 3 aromatic heterocycles. The number of halogens is 2. The molecule has 0 aliphatic carbocycles. The highest BCUT2D eigenvalue weighted by atomic mass is 19.3. The number of H-pyrrole nitrogens is 1. The molecule has 168 valence electrons.